The van der Waals surface area contributed by atoms with Crippen LogP contribution in [0.4, 0.5) is 4.79 Å². The Morgan fingerprint density at radius 3 is 1.72 bits per heavy atom. The van der Waals surface area contributed by atoms with E-state index in [1.807, 2.05) is 27.7 Å². The van der Waals surface area contributed by atoms with Gasteiger partial charge in [-0.05, 0) is 45.4 Å². The van der Waals surface area contributed by atoms with Gasteiger partial charge in [-0.2, -0.15) is 0 Å². The van der Waals surface area contributed by atoms with Crippen molar-refractivity contribution in [3.63, 3.8) is 0 Å². The Morgan fingerprint density at radius 1 is 0.828 bits per heavy atom. The van der Waals surface area contributed by atoms with E-state index in [0.29, 0.717) is 12.8 Å². The molecular formula is C20H37N3O6. The molecule has 0 aromatic rings. The van der Waals surface area contributed by atoms with Gasteiger partial charge in [-0.15, -0.1) is 0 Å². The maximum Gasteiger partial charge on any atom is 0.408 e. The fraction of sp³-hybridized carbons (Fsp3) is 0.800. The van der Waals surface area contributed by atoms with Crippen LogP contribution in [0.5, 0.6) is 0 Å². The first-order valence-corrected chi connectivity index (χ1v) is 9.89. The molecule has 0 radical (unpaired) electrons. The molecule has 29 heavy (non-hydrogen) atoms. The molecule has 0 saturated heterocycles. The molecule has 0 aliphatic heterocycles. The standard InChI is InChI=1S/C20H37N3O6/c1-12(2)9-14(17(25)21-11-16(24)28-8)22-18(26)15(10-13(3)4)23-19(27)29-20(5,6)7/h12-15H,9-11H2,1-8H3,(H,21,25)(H,22,26)(H,23,27)/t14-,15+/m0/s1. The molecule has 0 bridgehead atoms. The molecule has 0 aromatic carbocycles. The lowest BCUT2D eigenvalue weighted by molar-refractivity contribution is -0.141. The SMILES string of the molecule is COC(=O)CNC(=O)[C@H](CC(C)C)NC(=O)[C@@H](CC(C)C)NC(=O)OC(C)(C)C. The van der Waals surface area contributed by atoms with Gasteiger partial charge in [0.05, 0.1) is 7.11 Å². The van der Waals surface area contributed by atoms with E-state index in [1.165, 1.54) is 7.11 Å². The Kier molecular flexibility index (Phi) is 11.3. The zero-order valence-electron chi connectivity index (χ0n) is 18.9. The molecule has 0 aliphatic rings. The molecular weight excluding hydrogens is 378 g/mol. The summed E-state index contributed by atoms with van der Waals surface area (Å²) in [7, 11) is 1.22. The first-order valence-electron chi connectivity index (χ1n) is 9.89. The first kappa shape index (κ1) is 26.7. The smallest absolute Gasteiger partial charge is 0.408 e. The van der Waals surface area contributed by atoms with Gasteiger partial charge in [0.2, 0.25) is 11.8 Å². The van der Waals surface area contributed by atoms with E-state index in [9.17, 15) is 19.2 Å². The Labute approximate surface area is 173 Å². The number of carbonyl (C=O) groups excluding carboxylic acids is 4. The molecule has 0 aliphatic carbocycles. The number of hydrogen-bond acceptors (Lipinski definition) is 6. The zero-order valence-corrected chi connectivity index (χ0v) is 18.9. The summed E-state index contributed by atoms with van der Waals surface area (Å²) in [6.07, 6.45) is 0.0527. The Morgan fingerprint density at radius 2 is 1.31 bits per heavy atom. The minimum Gasteiger partial charge on any atom is -0.468 e. The predicted octanol–water partition coefficient (Wildman–Crippen LogP) is 1.75. The van der Waals surface area contributed by atoms with Crippen LogP contribution in [0, 0.1) is 11.8 Å². The highest BCUT2D eigenvalue weighted by Crippen LogP contribution is 2.11. The van der Waals surface area contributed by atoms with Gasteiger partial charge in [0.25, 0.3) is 0 Å². The van der Waals surface area contributed by atoms with Gasteiger partial charge in [0.1, 0.15) is 24.2 Å². The lowest BCUT2D eigenvalue weighted by Gasteiger charge is -2.26. The average molecular weight is 416 g/mol. The number of amides is 3. The van der Waals surface area contributed by atoms with Crippen molar-refractivity contribution in [3.8, 4) is 0 Å². The predicted molar refractivity (Wildman–Crippen MR) is 109 cm³/mol. The highest BCUT2D eigenvalue weighted by Gasteiger charge is 2.29. The van der Waals surface area contributed by atoms with Gasteiger partial charge >= 0.3 is 12.1 Å². The molecule has 3 N–H and O–H groups in total. The maximum absolute atomic E-state index is 12.8. The van der Waals surface area contributed by atoms with Crippen LogP contribution < -0.4 is 16.0 Å². The molecule has 3 amide bonds. The van der Waals surface area contributed by atoms with Gasteiger partial charge < -0.3 is 25.4 Å². The Bertz CT molecular complexity index is 569. The maximum atomic E-state index is 12.8. The zero-order chi connectivity index (χ0) is 22.8. The summed E-state index contributed by atoms with van der Waals surface area (Å²) >= 11 is 0. The molecule has 9 nitrogen and oxygen atoms in total. The minimum atomic E-state index is -0.854. The summed E-state index contributed by atoms with van der Waals surface area (Å²) < 4.78 is 9.74. The Hall–Kier alpha value is -2.32. The van der Waals surface area contributed by atoms with E-state index in [0.717, 1.165) is 0 Å². The number of ether oxygens (including phenoxy) is 2. The number of rotatable bonds is 10. The lowest BCUT2D eigenvalue weighted by atomic mass is 10.00. The van der Waals surface area contributed by atoms with Crippen molar-refractivity contribution in [1.29, 1.82) is 0 Å². The van der Waals surface area contributed by atoms with Crippen LogP contribution in [0.15, 0.2) is 0 Å². The second-order valence-corrected chi connectivity index (χ2v) is 8.81. The Balaban J connectivity index is 5.21. The molecule has 0 fully saturated rings. The van der Waals surface area contributed by atoms with Crippen LogP contribution in [0.2, 0.25) is 0 Å². The molecule has 0 saturated carbocycles. The van der Waals surface area contributed by atoms with E-state index < -0.39 is 41.6 Å². The normalized spacial score (nSPS) is 13.4. The van der Waals surface area contributed by atoms with Gasteiger partial charge in [0, 0.05) is 0 Å². The topological polar surface area (TPSA) is 123 Å². The van der Waals surface area contributed by atoms with Crippen molar-refractivity contribution in [2.24, 2.45) is 11.8 Å². The van der Waals surface area contributed by atoms with Crippen molar-refractivity contribution >= 4 is 23.9 Å². The third kappa shape index (κ3) is 12.7. The number of esters is 1. The number of carbonyl (C=O) groups is 4. The average Bonchev–Trinajstić information content (AvgIpc) is 2.55. The minimum absolute atomic E-state index is 0.117. The molecule has 2 atom stereocenters. The number of hydrogen-bond donors (Lipinski definition) is 3. The van der Waals surface area contributed by atoms with Crippen molar-refractivity contribution in [2.75, 3.05) is 13.7 Å². The quantitative estimate of drug-likeness (QED) is 0.467. The van der Waals surface area contributed by atoms with Crippen LogP contribution in [0.1, 0.15) is 61.3 Å². The number of methoxy groups -OCH3 is 1. The molecule has 0 heterocycles. The molecule has 9 heteroatoms. The van der Waals surface area contributed by atoms with Gasteiger partial charge in [-0.1, -0.05) is 27.7 Å². The van der Waals surface area contributed by atoms with Crippen LogP contribution in [0.3, 0.4) is 0 Å². The van der Waals surface area contributed by atoms with Crippen molar-refractivity contribution in [2.45, 2.75) is 79.0 Å². The monoisotopic (exact) mass is 415 g/mol. The van der Waals surface area contributed by atoms with Crippen molar-refractivity contribution in [1.82, 2.24) is 16.0 Å². The summed E-state index contributed by atoms with van der Waals surface area (Å²) in [6, 6.07) is -1.70. The van der Waals surface area contributed by atoms with Crippen molar-refractivity contribution in [3.05, 3.63) is 0 Å². The summed E-state index contributed by atoms with van der Waals surface area (Å²) in [5.41, 5.74) is -0.698. The van der Waals surface area contributed by atoms with Gasteiger partial charge in [-0.25, -0.2) is 4.79 Å². The van der Waals surface area contributed by atoms with Crippen molar-refractivity contribution < 1.29 is 28.7 Å². The third-order valence-corrected chi connectivity index (χ3v) is 3.69. The molecule has 168 valence electrons. The summed E-state index contributed by atoms with van der Waals surface area (Å²) in [5.74, 6) is -1.32. The summed E-state index contributed by atoms with van der Waals surface area (Å²) in [5, 5.41) is 7.73. The largest absolute Gasteiger partial charge is 0.468 e. The summed E-state index contributed by atoms with van der Waals surface area (Å²) in [4.78, 5) is 48.6. The number of alkyl carbamates (subject to hydrolysis) is 1. The van der Waals surface area contributed by atoms with E-state index in [2.05, 4.69) is 20.7 Å². The first-order chi connectivity index (χ1) is 13.2. The third-order valence-electron chi connectivity index (χ3n) is 3.69. The van der Waals surface area contributed by atoms with E-state index in [1.54, 1.807) is 20.8 Å². The summed E-state index contributed by atoms with van der Waals surface area (Å²) in [6.45, 7) is 12.6. The fourth-order valence-corrected chi connectivity index (χ4v) is 2.48. The lowest BCUT2D eigenvalue weighted by Crippen LogP contribution is -2.55. The second-order valence-electron chi connectivity index (χ2n) is 8.81. The van der Waals surface area contributed by atoms with Crippen LogP contribution in [-0.2, 0) is 23.9 Å². The molecule has 0 rings (SSSR count). The highest BCUT2D eigenvalue weighted by atomic mass is 16.6. The van der Waals surface area contributed by atoms with Gasteiger partial charge in [-0.3, -0.25) is 14.4 Å². The van der Waals surface area contributed by atoms with E-state index in [4.69, 9.17) is 4.74 Å². The molecule has 0 spiro atoms. The van der Waals surface area contributed by atoms with Crippen LogP contribution in [-0.4, -0.2) is 55.2 Å². The fourth-order valence-electron chi connectivity index (χ4n) is 2.48. The van der Waals surface area contributed by atoms with E-state index >= 15 is 0 Å². The molecule has 0 aromatic heterocycles. The van der Waals surface area contributed by atoms with Crippen LogP contribution >= 0.6 is 0 Å². The van der Waals surface area contributed by atoms with E-state index in [-0.39, 0.29) is 18.4 Å². The number of nitrogens with one attached hydrogen (secondary N) is 3. The second kappa shape index (κ2) is 12.3. The van der Waals surface area contributed by atoms with Gasteiger partial charge in [0.15, 0.2) is 0 Å². The van der Waals surface area contributed by atoms with Crippen LogP contribution in [0.25, 0.3) is 0 Å². The highest BCUT2D eigenvalue weighted by molar-refractivity contribution is 5.92. The molecule has 0 unspecified atom stereocenters.